The zero-order valence-corrected chi connectivity index (χ0v) is 9.58. The van der Waals surface area contributed by atoms with Crippen molar-refractivity contribution in [1.29, 1.82) is 0 Å². The maximum Gasteiger partial charge on any atom is 0.232 e. The molecule has 2 heterocycles. The van der Waals surface area contributed by atoms with Crippen LogP contribution in [-0.4, -0.2) is 9.38 Å². The lowest BCUT2D eigenvalue weighted by atomic mass is 10.2. The Hall–Kier alpha value is -2.55. The molecule has 0 spiro atoms. The molecule has 86 valence electrons. The quantitative estimate of drug-likeness (QED) is 0.502. The van der Waals surface area contributed by atoms with E-state index in [1.807, 2.05) is 65.3 Å². The molecule has 0 radical (unpaired) electrons. The molecule has 0 aliphatic carbocycles. The second-order valence-electron chi connectivity index (χ2n) is 4.20. The van der Waals surface area contributed by atoms with Crippen molar-refractivity contribution in [3.8, 4) is 11.3 Å². The maximum atomic E-state index is 5.88. The topological polar surface area (TPSA) is 30.4 Å². The molecule has 0 fully saturated rings. The van der Waals surface area contributed by atoms with E-state index in [1.165, 1.54) is 0 Å². The summed E-state index contributed by atoms with van der Waals surface area (Å²) in [6, 6.07) is 18.0. The summed E-state index contributed by atoms with van der Waals surface area (Å²) >= 11 is 0. The van der Waals surface area contributed by atoms with Crippen LogP contribution in [0.25, 0.3) is 28.1 Å². The largest absolute Gasteiger partial charge is 0.436 e. The number of fused-ring (bicyclic) bond motifs is 3. The van der Waals surface area contributed by atoms with Gasteiger partial charge in [-0.2, -0.15) is 0 Å². The molecule has 0 saturated heterocycles. The number of hydrogen-bond acceptors (Lipinski definition) is 2. The molecule has 3 heteroatoms. The fraction of sp³-hybridized carbons (Fsp3) is 0. The predicted molar refractivity (Wildman–Crippen MR) is 70.4 cm³/mol. The van der Waals surface area contributed by atoms with E-state index in [-0.39, 0.29) is 0 Å². The summed E-state index contributed by atoms with van der Waals surface area (Å²) < 4.78 is 7.86. The highest BCUT2D eigenvalue weighted by Gasteiger charge is 2.13. The Morgan fingerprint density at radius 2 is 1.67 bits per heavy atom. The first-order valence-electron chi connectivity index (χ1n) is 5.83. The summed E-state index contributed by atoms with van der Waals surface area (Å²) in [5.41, 5.74) is 4.67. The lowest BCUT2D eigenvalue weighted by Crippen LogP contribution is -1.76. The van der Waals surface area contributed by atoms with Crippen LogP contribution < -0.4 is 0 Å². The minimum absolute atomic E-state index is 0.794. The first-order valence-corrected chi connectivity index (χ1v) is 5.83. The molecule has 4 rings (SSSR count). The van der Waals surface area contributed by atoms with Crippen LogP contribution in [-0.2, 0) is 0 Å². The lowest BCUT2D eigenvalue weighted by molar-refractivity contribution is 0.657. The average molecular weight is 234 g/mol. The standard InChI is InChI=1S/C15H10N2O/c1-2-6-11(7-3-1)14-15-17(10-16-14)12-8-4-5-9-13(12)18-15/h1-10H. The van der Waals surface area contributed by atoms with Crippen molar-refractivity contribution in [3.63, 3.8) is 0 Å². The summed E-state index contributed by atoms with van der Waals surface area (Å²) in [6.45, 7) is 0. The van der Waals surface area contributed by atoms with Crippen LogP contribution in [0.15, 0.2) is 65.3 Å². The van der Waals surface area contributed by atoms with E-state index in [9.17, 15) is 0 Å². The molecular weight excluding hydrogens is 224 g/mol. The number of hydrogen-bond donors (Lipinski definition) is 0. The first kappa shape index (κ1) is 9.48. The molecule has 2 aromatic carbocycles. The molecule has 4 aromatic rings. The summed E-state index contributed by atoms with van der Waals surface area (Å²) in [7, 11) is 0. The Balaban J connectivity index is 2.08. The fourth-order valence-corrected chi connectivity index (χ4v) is 2.25. The highest BCUT2D eigenvalue weighted by atomic mass is 16.3. The third-order valence-corrected chi connectivity index (χ3v) is 3.10. The zero-order chi connectivity index (χ0) is 11.9. The number of rotatable bonds is 1. The average Bonchev–Trinajstić information content (AvgIpc) is 2.98. The minimum Gasteiger partial charge on any atom is -0.436 e. The van der Waals surface area contributed by atoms with Crippen molar-refractivity contribution in [3.05, 3.63) is 60.9 Å². The molecule has 0 aliphatic heterocycles. The van der Waals surface area contributed by atoms with Gasteiger partial charge in [0, 0.05) is 5.56 Å². The van der Waals surface area contributed by atoms with E-state index in [2.05, 4.69) is 4.98 Å². The number of imidazole rings is 1. The molecule has 0 atom stereocenters. The van der Waals surface area contributed by atoms with Crippen LogP contribution in [0, 0.1) is 0 Å². The van der Waals surface area contributed by atoms with Crippen LogP contribution in [0.2, 0.25) is 0 Å². The van der Waals surface area contributed by atoms with Gasteiger partial charge in [0.1, 0.15) is 12.0 Å². The Bertz CT molecular complexity index is 827. The molecule has 18 heavy (non-hydrogen) atoms. The van der Waals surface area contributed by atoms with Crippen molar-refractivity contribution >= 4 is 16.8 Å². The van der Waals surface area contributed by atoms with E-state index in [4.69, 9.17) is 4.42 Å². The molecule has 0 amide bonds. The summed E-state index contributed by atoms with van der Waals surface area (Å²) in [5.74, 6) is 0. The lowest BCUT2D eigenvalue weighted by Gasteiger charge is -1.93. The Labute approximate surface area is 103 Å². The van der Waals surface area contributed by atoms with Crippen molar-refractivity contribution in [2.24, 2.45) is 0 Å². The summed E-state index contributed by atoms with van der Waals surface area (Å²) in [5, 5.41) is 0. The number of para-hydroxylation sites is 2. The van der Waals surface area contributed by atoms with Gasteiger partial charge in [0.15, 0.2) is 5.58 Å². The van der Waals surface area contributed by atoms with Crippen molar-refractivity contribution in [2.75, 3.05) is 0 Å². The smallest absolute Gasteiger partial charge is 0.232 e. The second-order valence-corrected chi connectivity index (χ2v) is 4.20. The molecule has 0 bridgehead atoms. The van der Waals surface area contributed by atoms with E-state index in [1.54, 1.807) is 0 Å². The zero-order valence-electron chi connectivity index (χ0n) is 9.58. The first-order chi connectivity index (χ1) is 8.93. The number of nitrogens with zero attached hydrogens (tertiary/aromatic N) is 2. The van der Waals surface area contributed by atoms with Gasteiger partial charge in [-0.1, -0.05) is 42.5 Å². The number of oxazole rings is 1. The van der Waals surface area contributed by atoms with Crippen molar-refractivity contribution < 1.29 is 4.42 Å². The fourth-order valence-electron chi connectivity index (χ4n) is 2.25. The highest BCUT2D eigenvalue weighted by Crippen LogP contribution is 2.28. The molecule has 2 aromatic heterocycles. The van der Waals surface area contributed by atoms with Crippen LogP contribution >= 0.6 is 0 Å². The minimum atomic E-state index is 0.794. The van der Waals surface area contributed by atoms with Gasteiger partial charge in [-0.05, 0) is 12.1 Å². The molecule has 0 saturated carbocycles. The normalized spacial score (nSPS) is 11.3. The van der Waals surface area contributed by atoms with Gasteiger partial charge in [-0.3, -0.25) is 4.40 Å². The van der Waals surface area contributed by atoms with Gasteiger partial charge in [-0.15, -0.1) is 0 Å². The Morgan fingerprint density at radius 1 is 0.889 bits per heavy atom. The van der Waals surface area contributed by atoms with Gasteiger partial charge >= 0.3 is 0 Å². The molecule has 0 aliphatic rings. The van der Waals surface area contributed by atoms with E-state index in [0.29, 0.717) is 0 Å². The summed E-state index contributed by atoms with van der Waals surface area (Å²) in [4.78, 5) is 4.44. The number of benzene rings is 2. The van der Waals surface area contributed by atoms with Crippen LogP contribution in [0.1, 0.15) is 0 Å². The van der Waals surface area contributed by atoms with Gasteiger partial charge in [0.25, 0.3) is 0 Å². The van der Waals surface area contributed by atoms with Crippen molar-refractivity contribution in [2.45, 2.75) is 0 Å². The molecule has 3 nitrogen and oxygen atoms in total. The highest BCUT2D eigenvalue weighted by molar-refractivity contribution is 5.83. The summed E-state index contributed by atoms with van der Waals surface area (Å²) in [6.07, 6.45) is 1.81. The molecule has 0 N–H and O–H groups in total. The monoisotopic (exact) mass is 234 g/mol. The van der Waals surface area contributed by atoms with Crippen LogP contribution in [0.3, 0.4) is 0 Å². The second kappa shape index (κ2) is 3.47. The van der Waals surface area contributed by atoms with Crippen LogP contribution in [0.5, 0.6) is 0 Å². The van der Waals surface area contributed by atoms with E-state index >= 15 is 0 Å². The molecule has 0 unspecified atom stereocenters. The van der Waals surface area contributed by atoms with E-state index in [0.717, 1.165) is 28.1 Å². The van der Waals surface area contributed by atoms with E-state index < -0.39 is 0 Å². The maximum absolute atomic E-state index is 5.88. The van der Waals surface area contributed by atoms with Gasteiger partial charge < -0.3 is 4.42 Å². The van der Waals surface area contributed by atoms with Gasteiger partial charge in [0.05, 0.1) is 5.52 Å². The SMILES string of the molecule is c1ccc(-c2ncn3c2oc2ccccc23)cc1. The van der Waals surface area contributed by atoms with Gasteiger partial charge in [-0.25, -0.2) is 4.98 Å². The third kappa shape index (κ3) is 1.21. The van der Waals surface area contributed by atoms with Crippen LogP contribution in [0.4, 0.5) is 0 Å². The molecular formula is C15H10N2O. The van der Waals surface area contributed by atoms with Crippen molar-refractivity contribution in [1.82, 2.24) is 9.38 Å². The third-order valence-electron chi connectivity index (χ3n) is 3.10. The predicted octanol–water partition coefficient (Wildman–Crippen LogP) is 3.75. The number of aromatic nitrogens is 2. The Kier molecular flexibility index (Phi) is 1.83. The van der Waals surface area contributed by atoms with Gasteiger partial charge in [0.2, 0.25) is 5.71 Å². The Morgan fingerprint density at radius 3 is 2.56 bits per heavy atom.